The van der Waals surface area contributed by atoms with Crippen LogP contribution in [0.15, 0.2) is 29.4 Å². The molecule has 1 saturated carbocycles. The zero-order valence-electron chi connectivity index (χ0n) is 14.4. The molecule has 1 fully saturated rings. The largest absolute Gasteiger partial charge is 0.497 e. The molecule has 7 nitrogen and oxygen atoms in total. The van der Waals surface area contributed by atoms with E-state index in [-0.39, 0.29) is 29.2 Å². The number of hydrazone groups is 1. The number of fused-ring (bicyclic) bond motifs is 1. The maximum absolute atomic E-state index is 13.6. The second kappa shape index (κ2) is 6.84. The highest BCUT2D eigenvalue weighted by Crippen LogP contribution is 2.48. The fourth-order valence-electron chi connectivity index (χ4n) is 3.37. The number of halogens is 3. The molecule has 10 heteroatoms. The van der Waals surface area contributed by atoms with Crippen molar-refractivity contribution in [1.82, 2.24) is 5.01 Å². The van der Waals surface area contributed by atoms with Crippen LogP contribution < -0.4 is 10.1 Å². The van der Waals surface area contributed by atoms with E-state index in [1.165, 1.54) is 31.4 Å². The minimum atomic E-state index is -5.16. The summed E-state index contributed by atoms with van der Waals surface area (Å²) in [6, 6.07) is 5.87. The van der Waals surface area contributed by atoms with Crippen molar-refractivity contribution in [3.8, 4) is 5.75 Å². The number of anilines is 1. The molecule has 1 aromatic rings. The van der Waals surface area contributed by atoms with E-state index in [1.54, 1.807) is 0 Å². The van der Waals surface area contributed by atoms with Crippen LogP contribution >= 0.6 is 0 Å². The topological polar surface area (TPSA) is 91.2 Å². The zero-order chi connectivity index (χ0) is 19.8. The number of benzene rings is 1. The Bertz CT molecular complexity index is 779. The van der Waals surface area contributed by atoms with Crippen molar-refractivity contribution in [3.63, 3.8) is 0 Å². The van der Waals surface area contributed by atoms with Gasteiger partial charge in [-0.1, -0.05) is 6.42 Å². The van der Waals surface area contributed by atoms with Gasteiger partial charge >= 0.3 is 18.0 Å². The van der Waals surface area contributed by atoms with Gasteiger partial charge < -0.3 is 15.2 Å². The molecule has 1 aromatic carbocycles. The van der Waals surface area contributed by atoms with Crippen molar-refractivity contribution < 1.29 is 32.6 Å². The van der Waals surface area contributed by atoms with Gasteiger partial charge in [0.2, 0.25) is 0 Å². The van der Waals surface area contributed by atoms with Gasteiger partial charge in [-0.05, 0) is 43.5 Å². The normalized spacial score (nSPS) is 24.9. The lowest BCUT2D eigenvalue weighted by atomic mass is 9.80. The Balaban J connectivity index is 1.84. The van der Waals surface area contributed by atoms with Gasteiger partial charge in [0.25, 0.3) is 5.72 Å². The second-order valence-corrected chi connectivity index (χ2v) is 6.41. The van der Waals surface area contributed by atoms with Crippen molar-refractivity contribution in [2.24, 2.45) is 11.0 Å². The van der Waals surface area contributed by atoms with E-state index in [1.807, 2.05) is 0 Å². The van der Waals surface area contributed by atoms with E-state index in [4.69, 9.17) is 4.74 Å². The first-order chi connectivity index (χ1) is 12.7. The van der Waals surface area contributed by atoms with Gasteiger partial charge in [-0.3, -0.25) is 9.59 Å². The molecule has 0 aromatic heterocycles. The lowest BCUT2D eigenvalue weighted by Crippen LogP contribution is -2.62. The lowest BCUT2D eigenvalue weighted by molar-refractivity contribution is -0.316. The second-order valence-electron chi connectivity index (χ2n) is 6.41. The lowest BCUT2D eigenvalue weighted by Gasteiger charge is -2.37. The molecule has 2 aliphatic rings. The minimum absolute atomic E-state index is 0.0404. The number of nitrogens with zero attached hydrogens (tertiary/aromatic N) is 2. The highest BCUT2D eigenvalue weighted by Gasteiger charge is 2.69. The molecular weight excluding hydrogens is 367 g/mol. The summed E-state index contributed by atoms with van der Waals surface area (Å²) in [5.74, 6) is -3.76. The number of carbonyl (C=O) groups excluding carboxylic acids is 2. The monoisotopic (exact) mass is 385 g/mol. The van der Waals surface area contributed by atoms with Crippen LogP contribution in [-0.4, -0.2) is 46.7 Å². The summed E-state index contributed by atoms with van der Waals surface area (Å²) in [5, 5.41) is 16.2. The molecule has 2 atom stereocenters. The molecule has 0 spiro atoms. The van der Waals surface area contributed by atoms with Crippen molar-refractivity contribution in [2.45, 2.75) is 37.6 Å². The summed E-state index contributed by atoms with van der Waals surface area (Å²) >= 11 is 0. The molecule has 2 N–H and O–H groups in total. The molecule has 2 unspecified atom stereocenters. The molecule has 0 bridgehead atoms. The fourth-order valence-corrected chi connectivity index (χ4v) is 3.37. The molecule has 0 saturated heterocycles. The van der Waals surface area contributed by atoms with Crippen LogP contribution in [0.3, 0.4) is 0 Å². The number of hydrogen-bond donors (Lipinski definition) is 2. The number of amides is 2. The van der Waals surface area contributed by atoms with Crippen LogP contribution in [0.4, 0.5) is 18.9 Å². The number of methoxy groups -OCH3 is 1. The van der Waals surface area contributed by atoms with Gasteiger partial charge in [-0.15, -0.1) is 0 Å². The van der Waals surface area contributed by atoms with E-state index in [2.05, 4.69) is 10.4 Å². The van der Waals surface area contributed by atoms with Gasteiger partial charge in [-0.25, -0.2) is 0 Å². The van der Waals surface area contributed by atoms with Crippen LogP contribution in [-0.2, 0) is 9.59 Å². The van der Waals surface area contributed by atoms with Crippen LogP contribution in [0.1, 0.15) is 25.7 Å². The van der Waals surface area contributed by atoms with Crippen LogP contribution in [0.5, 0.6) is 5.75 Å². The van der Waals surface area contributed by atoms with E-state index in [9.17, 15) is 27.9 Å². The van der Waals surface area contributed by atoms with Gasteiger partial charge in [0.05, 0.1) is 13.0 Å². The predicted molar refractivity (Wildman–Crippen MR) is 88.9 cm³/mol. The van der Waals surface area contributed by atoms with Crippen LogP contribution in [0.2, 0.25) is 0 Å². The van der Waals surface area contributed by atoms with E-state index >= 15 is 0 Å². The van der Waals surface area contributed by atoms with Gasteiger partial charge in [-0.2, -0.15) is 23.3 Å². The zero-order valence-corrected chi connectivity index (χ0v) is 14.4. The number of nitrogens with one attached hydrogen (secondary N) is 1. The summed E-state index contributed by atoms with van der Waals surface area (Å²) in [6.07, 6.45) is -3.78. The molecule has 146 valence electrons. The molecule has 3 rings (SSSR count). The number of hydrogen-bond acceptors (Lipinski definition) is 5. The molecule has 0 radical (unpaired) electrons. The molecule has 2 amide bonds. The van der Waals surface area contributed by atoms with E-state index in [0.717, 1.165) is 0 Å². The van der Waals surface area contributed by atoms with Crippen LogP contribution in [0, 0.1) is 5.92 Å². The third-order valence-corrected chi connectivity index (χ3v) is 4.77. The Morgan fingerprint density at radius 1 is 1.30 bits per heavy atom. The van der Waals surface area contributed by atoms with Gasteiger partial charge in [0.15, 0.2) is 0 Å². The highest BCUT2D eigenvalue weighted by molar-refractivity contribution is 6.39. The average molecular weight is 385 g/mol. The van der Waals surface area contributed by atoms with E-state index in [0.29, 0.717) is 18.6 Å². The number of rotatable bonds is 2. The first-order valence-corrected chi connectivity index (χ1v) is 8.34. The number of alkyl halides is 3. The maximum Gasteiger partial charge on any atom is 0.439 e. The first-order valence-electron chi connectivity index (χ1n) is 8.34. The van der Waals surface area contributed by atoms with Crippen LogP contribution in [0.25, 0.3) is 0 Å². The summed E-state index contributed by atoms with van der Waals surface area (Å²) in [7, 11) is 1.45. The highest BCUT2D eigenvalue weighted by atomic mass is 19.4. The molecular formula is C17H18F3N3O4. The van der Waals surface area contributed by atoms with Crippen molar-refractivity contribution >= 4 is 23.2 Å². The van der Waals surface area contributed by atoms with Gasteiger partial charge in [0, 0.05) is 11.4 Å². The SMILES string of the molecule is COc1ccc(NC(=O)C(=O)N2N=C3CCCCC3C2(O)C(F)(F)F)cc1. The van der Waals surface area contributed by atoms with Crippen molar-refractivity contribution in [2.75, 3.05) is 12.4 Å². The standard InChI is InChI=1S/C17H18F3N3O4/c1-27-11-8-6-10(7-9-11)21-14(24)15(25)23-16(26,17(18,19)20)12-4-2-3-5-13(12)22-23/h6-9,12,26H,2-5H2,1H3,(H,21,24). The Hall–Kier alpha value is -2.62. The van der Waals surface area contributed by atoms with E-state index < -0.39 is 29.6 Å². The third-order valence-electron chi connectivity index (χ3n) is 4.77. The molecule has 1 heterocycles. The quantitative estimate of drug-likeness (QED) is 0.764. The summed E-state index contributed by atoms with van der Waals surface area (Å²) in [4.78, 5) is 24.6. The summed E-state index contributed by atoms with van der Waals surface area (Å²) < 4.78 is 45.9. The molecule has 27 heavy (non-hydrogen) atoms. The molecule has 1 aliphatic heterocycles. The maximum atomic E-state index is 13.6. The van der Waals surface area contributed by atoms with Crippen molar-refractivity contribution in [3.05, 3.63) is 24.3 Å². The Morgan fingerprint density at radius 2 is 1.96 bits per heavy atom. The fraction of sp³-hybridized carbons (Fsp3) is 0.471. The first kappa shape index (κ1) is 19.2. The third kappa shape index (κ3) is 3.25. The Kier molecular flexibility index (Phi) is 4.85. The number of ether oxygens (including phenoxy) is 1. The smallest absolute Gasteiger partial charge is 0.439 e. The Morgan fingerprint density at radius 3 is 2.56 bits per heavy atom. The summed E-state index contributed by atoms with van der Waals surface area (Å²) in [5.41, 5.74) is -3.24. The van der Waals surface area contributed by atoms with Crippen molar-refractivity contribution in [1.29, 1.82) is 0 Å². The minimum Gasteiger partial charge on any atom is -0.497 e. The Labute approximate surface area is 152 Å². The number of carbonyl (C=O) groups is 2. The number of aliphatic hydroxyl groups is 1. The van der Waals surface area contributed by atoms with Gasteiger partial charge in [0.1, 0.15) is 5.75 Å². The summed E-state index contributed by atoms with van der Waals surface area (Å²) in [6.45, 7) is 0. The average Bonchev–Trinajstić information content (AvgIpc) is 2.96. The molecule has 1 aliphatic carbocycles. The predicted octanol–water partition coefficient (Wildman–Crippen LogP) is 2.27.